The molecule has 0 atom stereocenters. The summed E-state index contributed by atoms with van der Waals surface area (Å²) >= 11 is 1.22. The number of thiophene rings is 1. The Hall–Kier alpha value is -2.30. The van der Waals surface area contributed by atoms with Gasteiger partial charge in [-0.05, 0) is 31.2 Å². The molecule has 2 rings (SSSR count). The number of hydrogen-bond donors (Lipinski definition) is 3. The fourth-order valence-electron chi connectivity index (χ4n) is 2.09. The van der Waals surface area contributed by atoms with E-state index in [0.717, 1.165) is 4.88 Å². The van der Waals surface area contributed by atoms with Crippen molar-refractivity contribution in [3.05, 3.63) is 35.2 Å². The van der Waals surface area contributed by atoms with E-state index in [1.807, 2.05) is 6.92 Å². The van der Waals surface area contributed by atoms with Crippen molar-refractivity contribution < 1.29 is 17.9 Å². The lowest BCUT2D eigenvalue weighted by Gasteiger charge is -2.11. The molecule has 0 saturated carbocycles. The van der Waals surface area contributed by atoms with E-state index in [9.17, 15) is 8.42 Å². The third-order valence-corrected chi connectivity index (χ3v) is 6.28. The molecule has 0 fully saturated rings. The highest BCUT2D eigenvalue weighted by Gasteiger charge is 2.15. The Labute approximate surface area is 157 Å². The highest BCUT2D eigenvalue weighted by Crippen LogP contribution is 2.29. The van der Waals surface area contributed by atoms with Gasteiger partial charge in [-0.15, -0.1) is 11.3 Å². The number of methoxy groups -OCH3 is 2. The van der Waals surface area contributed by atoms with Crippen molar-refractivity contribution in [1.82, 2.24) is 4.72 Å². The number of sulfonamides is 1. The summed E-state index contributed by atoms with van der Waals surface area (Å²) in [6.45, 7) is 2.21. The molecule has 8 nitrogen and oxygen atoms in total. The third kappa shape index (κ3) is 5.35. The average molecular weight is 399 g/mol. The van der Waals surface area contributed by atoms with E-state index in [1.54, 1.807) is 44.6 Å². The number of guanidine groups is 1. The molecule has 10 heteroatoms. The normalized spacial score (nSPS) is 12.0. The second-order valence-electron chi connectivity index (χ2n) is 5.22. The summed E-state index contributed by atoms with van der Waals surface area (Å²) < 4.78 is 37.3. The van der Waals surface area contributed by atoms with Crippen LogP contribution in [0.4, 0.5) is 5.69 Å². The van der Waals surface area contributed by atoms with Crippen LogP contribution in [-0.4, -0.2) is 41.7 Å². The van der Waals surface area contributed by atoms with Crippen LogP contribution in [0.25, 0.3) is 0 Å². The molecule has 142 valence electrons. The molecule has 0 radical (unpaired) electrons. The molecule has 0 aliphatic carbocycles. The van der Waals surface area contributed by atoms with Gasteiger partial charge in [0.15, 0.2) is 17.5 Å². The van der Waals surface area contributed by atoms with Crippen LogP contribution in [0, 0.1) is 6.92 Å². The molecular weight excluding hydrogens is 376 g/mol. The first-order valence-electron chi connectivity index (χ1n) is 7.71. The predicted molar refractivity (Wildman–Crippen MR) is 104 cm³/mol. The molecule has 0 saturated heterocycles. The van der Waals surface area contributed by atoms with E-state index in [4.69, 9.17) is 15.2 Å². The molecule has 0 bridgehead atoms. The summed E-state index contributed by atoms with van der Waals surface area (Å²) in [5.74, 6) is 1.33. The van der Waals surface area contributed by atoms with Crippen LogP contribution in [0.5, 0.6) is 11.5 Å². The van der Waals surface area contributed by atoms with Crippen LogP contribution in [0.3, 0.4) is 0 Å². The molecule has 0 aliphatic rings. The molecule has 1 aromatic carbocycles. The first-order chi connectivity index (χ1) is 12.4. The largest absolute Gasteiger partial charge is 0.493 e. The maximum Gasteiger partial charge on any atom is 0.250 e. The van der Waals surface area contributed by atoms with Gasteiger partial charge in [0.2, 0.25) is 10.0 Å². The number of hydrogen-bond acceptors (Lipinski definition) is 6. The minimum atomic E-state index is -3.51. The lowest BCUT2D eigenvalue weighted by molar-refractivity contribution is 0.355. The van der Waals surface area contributed by atoms with E-state index in [2.05, 4.69) is 15.0 Å². The summed E-state index contributed by atoms with van der Waals surface area (Å²) in [5, 5.41) is 2.92. The molecule has 2 aromatic rings. The van der Waals surface area contributed by atoms with Crippen molar-refractivity contribution in [2.24, 2.45) is 10.7 Å². The standard InChI is InChI=1S/C16H22N4O4S2/c1-11-4-7-15(25-11)26(21,22)19-9-8-18-16(17)20-12-5-6-13(23-2)14(10-12)24-3/h4-7,10,19H,8-9H2,1-3H3,(H3,17,18,20). The number of aliphatic imine (C=N–C) groups is 1. The average Bonchev–Trinajstić information content (AvgIpc) is 3.06. The van der Waals surface area contributed by atoms with Crippen molar-refractivity contribution in [3.63, 3.8) is 0 Å². The Morgan fingerprint density at radius 3 is 2.54 bits per heavy atom. The van der Waals surface area contributed by atoms with E-state index < -0.39 is 10.0 Å². The minimum Gasteiger partial charge on any atom is -0.493 e. The highest BCUT2D eigenvalue weighted by molar-refractivity contribution is 7.91. The number of anilines is 1. The number of benzene rings is 1. The topological polar surface area (TPSA) is 115 Å². The summed E-state index contributed by atoms with van der Waals surface area (Å²) in [7, 11) is -0.409. The molecule has 4 N–H and O–H groups in total. The van der Waals surface area contributed by atoms with E-state index in [0.29, 0.717) is 17.2 Å². The van der Waals surface area contributed by atoms with E-state index >= 15 is 0 Å². The third-order valence-electron chi connectivity index (χ3n) is 3.32. The van der Waals surface area contributed by atoms with E-state index in [1.165, 1.54) is 11.3 Å². The lowest BCUT2D eigenvalue weighted by Crippen LogP contribution is -2.28. The number of nitrogens with one attached hydrogen (secondary N) is 2. The highest BCUT2D eigenvalue weighted by atomic mass is 32.2. The van der Waals surface area contributed by atoms with Gasteiger partial charge < -0.3 is 20.5 Å². The first kappa shape index (κ1) is 20.0. The monoisotopic (exact) mass is 398 g/mol. The Balaban J connectivity index is 1.89. The second-order valence-corrected chi connectivity index (χ2v) is 8.51. The van der Waals surface area contributed by atoms with Gasteiger partial charge in [0.1, 0.15) is 4.21 Å². The molecule has 0 unspecified atom stereocenters. The SMILES string of the molecule is COc1ccc(NC(N)=NCCNS(=O)(=O)c2ccc(C)s2)cc1OC. The molecule has 0 aliphatic heterocycles. The molecule has 0 amide bonds. The van der Waals surface area contributed by atoms with Crippen LogP contribution in [0.1, 0.15) is 4.88 Å². The molecule has 1 aromatic heterocycles. The van der Waals surface area contributed by atoms with Gasteiger partial charge in [0.25, 0.3) is 0 Å². The van der Waals surface area contributed by atoms with Crippen LogP contribution in [0.15, 0.2) is 39.5 Å². The van der Waals surface area contributed by atoms with Gasteiger partial charge in [-0.25, -0.2) is 13.1 Å². The van der Waals surface area contributed by atoms with Crippen molar-refractivity contribution in [2.75, 3.05) is 32.6 Å². The summed E-state index contributed by atoms with van der Waals surface area (Å²) in [6.07, 6.45) is 0. The van der Waals surface area contributed by atoms with Crippen LogP contribution < -0.4 is 25.2 Å². The van der Waals surface area contributed by atoms with Gasteiger partial charge in [-0.3, -0.25) is 4.99 Å². The second kappa shape index (κ2) is 8.88. The zero-order valence-electron chi connectivity index (χ0n) is 14.8. The number of aryl methyl sites for hydroxylation is 1. The maximum atomic E-state index is 12.1. The molecule has 1 heterocycles. The number of ether oxygens (including phenoxy) is 2. The molecule has 0 spiro atoms. The van der Waals surface area contributed by atoms with Gasteiger partial charge in [-0.2, -0.15) is 0 Å². The summed E-state index contributed by atoms with van der Waals surface area (Å²) in [4.78, 5) is 5.04. The zero-order valence-corrected chi connectivity index (χ0v) is 16.4. The number of nitrogens with two attached hydrogens (primary N) is 1. The van der Waals surface area contributed by atoms with E-state index in [-0.39, 0.29) is 23.3 Å². The predicted octanol–water partition coefficient (Wildman–Crippen LogP) is 1.78. The van der Waals surface area contributed by atoms with Crippen LogP contribution >= 0.6 is 11.3 Å². The van der Waals surface area contributed by atoms with Crippen LogP contribution in [0.2, 0.25) is 0 Å². The smallest absolute Gasteiger partial charge is 0.250 e. The van der Waals surface area contributed by atoms with Crippen molar-refractivity contribution >= 4 is 33.0 Å². The Bertz CT molecular complexity index is 878. The van der Waals surface area contributed by atoms with Crippen LogP contribution in [-0.2, 0) is 10.0 Å². The zero-order chi connectivity index (χ0) is 19.2. The summed E-state index contributed by atoms with van der Waals surface area (Å²) in [6, 6.07) is 8.58. The van der Waals surface area contributed by atoms with Gasteiger partial charge in [-0.1, -0.05) is 0 Å². The van der Waals surface area contributed by atoms with Gasteiger partial charge in [0.05, 0.1) is 20.8 Å². The Morgan fingerprint density at radius 1 is 1.19 bits per heavy atom. The first-order valence-corrected chi connectivity index (χ1v) is 10.0. The quantitative estimate of drug-likeness (QED) is 0.355. The number of nitrogens with zero attached hydrogens (tertiary/aromatic N) is 1. The summed E-state index contributed by atoms with van der Waals surface area (Å²) in [5.41, 5.74) is 6.50. The van der Waals surface area contributed by atoms with Gasteiger partial charge >= 0.3 is 0 Å². The maximum absolute atomic E-state index is 12.1. The Kier molecular flexibility index (Phi) is 6.83. The molecular formula is C16H22N4O4S2. The molecule has 26 heavy (non-hydrogen) atoms. The Morgan fingerprint density at radius 2 is 1.92 bits per heavy atom. The van der Waals surface area contributed by atoms with Crippen molar-refractivity contribution in [1.29, 1.82) is 0 Å². The fraction of sp³-hybridized carbons (Fsp3) is 0.312. The van der Waals surface area contributed by atoms with Crippen molar-refractivity contribution in [3.8, 4) is 11.5 Å². The van der Waals surface area contributed by atoms with Gasteiger partial charge in [0, 0.05) is 23.2 Å². The fourth-order valence-corrected chi connectivity index (χ4v) is 4.43. The number of rotatable bonds is 8. The lowest BCUT2D eigenvalue weighted by atomic mass is 10.3. The minimum absolute atomic E-state index is 0.146. The van der Waals surface area contributed by atoms with Crippen molar-refractivity contribution in [2.45, 2.75) is 11.1 Å².